The zero-order chi connectivity index (χ0) is 14.6. The number of hydrogen-bond acceptors (Lipinski definition) is 3. The molecule has 0 bridgehead atoms. The molecule has 1 aromatic heterocycles. The summed E-state index contributed by atoms with van der Waals surface area (Å²) < 4.78 is 37.7. The highest BCUT2D eigenvalue weighted by molar-refractivity contribution is 5.92. The lowest BCUT2D eigenvalue weighted by Gasteiger charge is -2.18. The summed E-state index contributed by atoms with van der Waals surface area (Å²) >= 11 is 0. The molecule has 2 rings (SSSR count). The predicted octanol–water partition coefficient (Wildman–Crippen LogP) is 2.27. The third-order valence-electron chi connectivity index (χ3n) is 2.82. The number of halogens is 3. The SMILES string of the molecule is O=C(NCC1C=C(C(F)(F)F)C=CC1)c1ccncn1. The molecule has 1 aliphatic carbocycles. The molecule has 0 aromatic carbocycles. The Kier molecular flexibility index (Phi) is 4.16. The Morgan fingerprint density at radius 3 is 2.90 bits per heavy atom. The number of carbonyl (C=O) groups is 1. The zero-order valence-corrected chi connectivity index (χ0v) is 10.4. The Balaban J connectivity index is 1.94. The molecule has 0 radical (unpaired) electrons. The highest BCUT2D eigenvalue weighted by atomic mass is 19.4. The molecule has 0 fully saturated rings. The number of nitrogens with one attached hydrogen (secondary N) is 1. The molecular formula is C13H12F3N3O. The first kappa shape index (κ1) is 14.2. The lowest BCUT2D eigenvalue weighted by molar-refractivity contribution is -0.0889. The summed E-state index contributed by atoms with van der Waals surface area (Å²) in [6, 6.07) is 1.44. The van der Waals surface area contributed by atoms with Gasteiger partial charge in [-0.2, -0.15) is 13.2 Å². The van der Waals surface area contributed by atoms with Gasteiger partial charge in [0.25, 0.3) is 5.91 Å². The minimum atomic E-state index is -4.36. The number of amides is 1. The molecular weight excluding hydrogens is 271 g/mol. The molecule has 1 N–H and O–H groups in total. The third-order valence-corrected chi connectivity index (χ3v) is 2.82. The minimum absolute atomic E-state index is 0.132. The van der Waals surface area contributed by atoms with Crippen molar-refractivity contribution in [2.24, 2.45) is 5.92 Å². The van der Waals surface area contributed by atoms with Crippen molar-refractivity contribution in [2.45, 2.75) is 12.6 Å². The highest BCUT2D eigenvalue weighted by Crippen LogP contribution is 2.30. The maximum atomic E-state index is 12.6. The fraction of sp³-hybridized carbons (Fsp3) is 0.308. The molecule has 1 heterocycles. The van der Waals surface area contributed by atoms with E-state index in [9.17, 15) is 18.0 Å². The van der Waals surface area contributed by atoms with Gasteiger partial charge in [0.05, 0.1) is 5.57 Å². The van der Waals surface area contributed by atoms with E-state index < -0.39 is 17.7 Å². The molecule has 1 amide bonds. The summed E-state index contributed by atoms with van der Waals surface area (Å²) in [5.41, 5.74) is -0.489. The van der Waals surface area contributed by atoms with E-state index in [-0.39, 0.29) is 18.2 Å². The van der Waals surface area contributed by atoms with E-state index in [1.807, 2.05) is 0 Å². The van der Waals surface area contributed by atoms with E-state index in [1.165, 1.54) is 24.7 Å². The number of nitrogens with zero attached hydrogens (tertiary/aromatic N) is 2. The van der Waals surface area contributed by atoms with E-state index in [4.69, 9.17) is 0 Å². The van der Waals surface area contributed by atoms with Crippen molar-refractivity contribution in [1.82, 2.24) is 15.3 Å². The Labute approximate surface area is 113 Å². The Morgan fingerprint density at radius 2 is 2.25 bits per heavy atom. The molecule has 0 saturated carbocycles. The number of rotatable bonds is 3. The van der Waals surface area contributed by atoms with Gasteiger partial charge < -0.3 is 5.32 Å². The van der Waals surface area contributed by atoms with Gasteiger partial charge in [-0.25, -0.2) is 9.97 Å². The normalized spacial score (nSPS) is 18.6. The van der Waals surface area contributed by atoms with Crippen LogP contribution in [0.3, 0.4) is 0 Å². The number of hydrogen-bond donors (Lipinski definition) is 1. The fourth-order valence-corrected chi connectivity index (χ4v) is 1.82. The van der Waals surface area contributed by atoms with Crippen LogP contribution in [0, 0.1) is 5.92 Å². The first-order valence-corrected chi connectivity index (χ1v) is 5.96. The molecule has 1 aromatic rings. The van der Waals surface area contributed by atoms with E-state index in [0.29, 0.717) is 6.42 Å². The summed E-state index contributed by atoms with van der Waals surface area (Å²) in [5, 5.41) is 2.57. The van der Waals surface area contributed by atoms with Crippen LogP contribution in [0.4, 0.5) is 13.2 Å². The van der Waals surface area contributed by atoms with Gasteiger partial charge in [-0.15, -0.1) is 0 Å². The minimum Gasteiger partial charge on any atom is -0.350 e. The summed E-state index contributed by atoms with van der Waals surface area (Å²) in [7, 11) is 0. The Hall–Kier alpha value is -2.18. The van der Waals surface area contributed by atoms with Crippen molar-refractivity contribution >= 4 is 5.91 Å². The summed E-state index contributed by atoms with van der Waals surface area (Å²) in [5.74, 6) is -0.800. The van der Waals surface area contributed by atoms with Gasteiger partial charge in [-0.3, -0.25) is 4.79 Å². The second kappa shape index (κ2) is 5.85. The van der Waals surface area contributed by atoms with Crippen molar-refractivity contribution in [2.75, 3.05) is 6.54 Å². The quantitative estimate of drug-likeness (QED) is 0.925. The summed E-state index contributed by atoms with van der Waals surface area (Å²) in [6.07, 6.45) is 2.43. The predicted molar refractivity (Wildman–Crippen MR) is 65.8 cm³/mol. The molecule has 0 saturated heterocycles. The van der Waals surface area contributed by atoms with Crippen LogP contribution in [-0.2, 0) is 0 Å². The Bertz CT molecular complexity index is 538. The molecule has 106 valence electrons. The molecule has 1 aliphatic rings. The molecule has 7 heteroatoms. The maximum Gasteiger partial charge on any atom is 0.416 e. The van der Waals surface area contributed by atoms with Crippen LogP contribution in [0.15, 0.2) is 42.4 Å². The van der Waals surface area contributed by atoms with Crippen LogP contribution >= 0.6 is 0 Å². The maximum absolute atomic E-state index is 12.6. The standard InChI is InChI=1S/C13H12F3N3O/c14-13(15,16)10-3-1-2-9(6-10)7-18-12(20)11-4-5-17-8-19-11/h1,3-6,8-9H,2,7H2,(H,18,20). The molecule has 0 aliphatic heterocycles. The van der Waals surface area contributed by atoms with Gasteiger partial charge >= 0.3 is 6.18 Å². The van der Waals surface area contributed by atoms with E-state index in [0.717, 1.165) is 12.2 Å². The van der Waals surface area contributed by atoms with Crippen molar-refractivity contribution < 1.29 is 18.0 Å². The largest absolute Gasteiger partial charge is 0.416 e. The molecule has 4 nitrogen and oxygen atoms in total. The number of aromatic nitrogens is 2. The lowest BCUT2D eigenvalue weighted by Crippen LogP contribution is -2.30. The average molecular weight is 283 g/mol. The monoisotopic (exact) mass is 283 g/mol. The van der Waals surface area contributed by atoms with Gasteiger partial charge in [-0.1, -0.05) is 18.2 Å². The Morgan fingerprint density at radius 1 is 1.45 bits per heavy atom. The van der Waals surface area contributed by atoms with Crippen LogP contribution in [0.2, 0.25) is 0 Å². The number of allylic oxidation sites excluding steroid dienone is 3. The van der Waals surface area contributed by atoms with E-state index in [1.54, 1.807) is 0 Å². The van der Waals surface area contributed by atoms with Gasteiger partial charge in [0, 0.05) is 12.7 Å². The van der Waals surface area contributed by atoms with E-state index in [2.05, 4.69) is 15.3 Å². The summed E-state index contributed by atoms with van der Waals surface area (Å²) in [4.78, 5) is 19.1. The molecule has 1 unspecified atom stereocenters. The molecule has 0 spiro atoms. The molecule has 1 atom stereocenters. The fourth-order valence-electron chi connectivity index (χ4n) is 1.82. The summed E-state index contributed by atoms with van der Waals surface area (Å²) in [6.45, 7) is 0.132. The van der Waals surface area contributed by atoms with Crippen molar-refractivity contribution in [1.29, 1.82) is 0 Å². The van der Waals surface area contributed by atoms with Crippen molar-refractivity contribution in [3.8, 4) is 0 Å². The van der Waals surface area contributed by atoms with Crippen molar-refractivity contribution in [3.05, 3.63) is 48.1 Å². The topological polar surface area (TPSA) is 54.9 Å². The van der Waals surface area contributed by atoms with E-state index >= 15 is 0 Å². The lowest BCUT2D eigenvalue weighted by atomic mass is 9.96. The molecule has 20 heavy (non-hydrogen) atoms. The van der Waals surface area contributed by atoms with Crippen LogP contribution in [0.5, 0.6) is 0 Å². The number of alkyl halides is 3. The first-order chi connectivity index (χ1) is 9.47. The van der Waals surface area contributed by atoms with Crippen LogP contribution < -0.4 is 5.32 Å². The van der Waals surface area contributed by atoms with Gasteiger partial charge in [-0.05, 0) is 18.4 Å². The van der Waals surface area contributed by atoms with Crippen LogP contribution in [0.25, 0.3) is 0 Å². The van der Waals surface area contributed by atoms with Gasteiger partial charge in [0.2, 0.25) is 0 Å². The third kappa shape index (κ3) is 3.66. The second-order valence-corrected chi connectivity index (χ2v) is 4.32. The van der Waals surface area contributed by atoms with Crippen LogP contribution in [0.1, 0.15) is 16.9 Å². The first-order valence-electron chi connectivity index (χ1n) is 5.96. The smallest absolute Gasteiger partial charge is 0.350 e. The van der Waals surface area contributed by atoms with Crippen LogP contribution in [-0.4, -0.2) is 28.6 Å². The zero-order valence-electron chi connectivity index (χ0n) is 10.4. The number of carbonyl (C=O) groups excluding carboxylic acids is 1. The van der Waals surface area contributed by atoms with Crippen molar-refractivity contribution in [3.63, 3.8) is 0 Å². The second-order valence-electron chi connectivity index (χ2n) is 4.32. The van der Waals surface area contributed by atoms with Gasteiger partial charge in [0.15, 0.2) is 0 Å². The highest BCUT2D eigenvalue weighted by Gasteiger charge is 2.33. The average Bonchev–Trinajstić information content (AvgIpc) is 2.45. The van der Waals surface area contributed by atoms with Gasteiger partial charge in [0.1, 0.15) is 12.0 Å².